The summed E-state index contributed by atoms with van der Waals surface area (Å²) in [6.45, 7) is 3.81. The van der Waals surface area contributed by atoms with Gasteiger partial charge in [-0.25, -0.2) is 4.79 Å². The third kappa shape index (κ3) is 2.55. The Morgan fingerprint density at radius 2 is 2.05 bits per heavy atom. The van der Waals surface area contributed by atoms with Crippen LogP contribution in [0.4, 0.5) is 0 Å². The van der Waals surface area contributed by atoms with Gasteiger partial charge in [-0.15, -0.1) is 10.2 Å². The molecule has 0 fully saturated rings. The van der Waals surface area contributed by atoms with Gasteiger partial charge < -0.3 is 9.15 Å². The first kappa shape index (κ1) is 12.8. The summed E-state index contributed by atoms with van der Waals surface area (Å²) in [5.41, 5.74) is 0.137. The second-order valence-corrected chi connectivity index (χ2v) is 5.59. The van der Waals surface area contributed by atoms with E-state index >= 15 is 0 Å². The van der Waals surface area contributed by atoms with Gasteiger partial charge in [-0.1, -0.05) is 11.3 Å². The van der Waals surface area contributed by atoms with E-state index in [1.165, 1.54) is 17.4 Å². The van der Waals surface area contributed by atoms with E-state index in [4.69, 9.17) is 9.15 Å². The van der Waals surface area contributed by atoms with Crippen LogP contribution in [-0.4, -0.2) is 10.2 Å². The van der Waals surface area contributed by atoms with Crippen molar-refractivity contribution in [3.63, 3.8) is 0 Å². The lowest BCUT2D eigenvalue weighted by Gasteiger charge is -2.11. The van der Waals surface area contributed by atoms with Crippen LogP contribution in [0, 0.1) is 6.92 Å². The van der Waals surface area contributed by atoms with E-state index in [2.05, 4.69) is 10.2 Å². The molecule has 0 radical (unpaired) electrons. The Morgan fingerprint density at radius 3 is 2.80 bits per heavy atom. The first-order valence-electron chi connectivity index (χ1n) is 6.12. The normalized spacial score (nSPS) is 12.5. The number of ether oxygens (including phenoxy) is 1. The lowest BCUT2D eigenvalue weighted by Crippen LogP contribution is -2.03. The Hall–Kier alpha value is -2.21. The molecule has 0 N–H and O–H groups in total. The summed E-state index contributed by atoms with van der Waals surface area (Å²) in [6, 6.07) is 8.53. The van der Waals surface area contributed by atoms with Crippen molar-refractivity contribution < 1.29 is 9.15 Å². The van der Waals surface area contributed by atoms with E-state index in [-0.39, 0.29) is 11.7 Å². The maximum atomic E-state index is 11.2. The van der Waals surface area contributed by atoms with Gasteiger partial charge in [-0.05, 0) is 32.0 Å². The van der Waals surface area contributed by atoms with Crippen molar-refractivity contribution in [2.45, 2.75) is 20.0 Å². The number of hydrogen-bond donors (Lipinski definition) is 0. The molecule has 0 bridgehead atoms. The number of benzene rings is 1. The van der Waals surface area contributed by atoms with Crippen LogP contribution in [0.2, 0.25) is 0 Å². The van der Waals surface area contributed by atoms with E-state index in [1.807, 2.05) is 26.0 Å². The molecule has 0 aliphatic rings. The molecule has 20 heavy (non-hydrogen) atoms. The summed E-state index contributed by atoms with van der Waals surface area (Å²) in [6.07, 6.45) is -0.200. The van der Waals surface area contributed by atoms with Gasteiger partial charge in [0, 0.05) is 17.5 Å². The van der Waals surface area contributed by atoms with Crippen LogP contribution in [0.1, 0.15) is 23.0 Å². The fourth-order valence-electron chi connectivity index (χ4n) is 1.84. The van der Waals surface area contributed by atoms with Crippen LogP contribution < -0.4 is 10.4 Å². The first-order valence-corrected chi connectivity index (χ1v) is 6.94. The molecule has 0 saturated heterocycles. The fraction of sp³-hybridized carbons (Fsp3) is 0.214. The molecule has 0 amide bonds. The Balaban J connectivity index is 1.88. The van der Waals surface area contributed by atoms with Crippen LogP contribution >= 0.6 is 11.3 Å². The highest BCUT2D eigenvalue weighted by Crippen LogP contribution is 2.26. The molecule has 0 spiro atoms. The summed E-state index contributed by atoms with van der Waals surface area (Å²) in [7, 11) is 0. The molecular weight excluding hydrogens is 276 g/mol. The Bertz CT molecular complexity index is 809. The molecule has 1 aromatic carbocycles. The molecule has 3 rings (SSSR count). The zero-order valence-corrected chi connectivity index (χ0v) is 11.8. The third-order valence-electron chi connectivity index (χ3n) is 2.80. The number of rotatable bonds is 3. The monoisotopic (exact) mass is 288 g/mol. The zero-order valence-electron chi connectivity index (χ0n) is 11.0. The minimum absolute atomic E-state index is 0.200. The molecule has 102 valence electrons. The van der Waals surface area contributed by atoms with E-state index in [0.717, 1.165) is 15.4 Å². The number of aromatic nitrogens is 2. The Morgan fingerprint density at radius 1 is 1.25 bits per heavy atom. The highest BCUT2D eigenvalue weighted by Gasteiger charge is 2.12. The molecule has 5 nitrogen and oxygen atoms in total. The predicted molar refractivity (Wildman–Crippen MR) is 76.2 cm³/mol. The largest absolute Gasteiger partial charge is 0.483 e. The SMILES string of the molecule is Cc1nnc([C@H](C)Oc2ccc3ccc(=O)oc3c2)s1. The average molecular weight is 288 g/mol. The Labute approximate surface area is 118 Å². The molecule has 0 unspecified atom stereocenters. The minimum atomic E-state index is -0.373. The molecule has 0 aliphatic heterocycles. The van der Waals surface area contributed by atoms with Crippen molar-refractivity contribution >= 4 is 22.3 Å². The summed E-state index contributed by atoms with van der Waals surface area (Å²) >= 11 is 1.50. The first-order chi connectivity index (χ1) is 9.61. The van der Waals surface area contributed by atoms with Gasteiger partial charge in [0.1, 0.15) is 22.4 Å². The number of fused-ring (bicyclic) bond motifs is 1. The highest BCUT2D eigenvalue weighted by molar-refractivity contribution is 7.11. The lowest BCUT2D eigenvalue weighted by atomic mass is 10.2. The van der Waals surface area contributed by atoms with Crippen LogP contribution in [0.3, 0.4) is 0 Å². The predicted octanol–water partition coefficient (Wildman–Crippen LogP) is 3.09. The smallest absolute Gasteiger partial charge is 0.336 e. The van der Waals surface area contributed by atoms with Gasteiger partial charge in [0.15, 0.2) is 5.01 Å². The van der Waals surface area contributed by atoms with Crippen LogP contribution in [-0.2, 0) is 0 Å². The second-order valence-electron chi connectivity index (χ2n) is 4.37. The van der Waals surface area contributed by atoms with Crippen LogP contribution in [0.5, 0.6) is 5.75 Å². The van der Waals surface area contributed by atoms with E-state index in [1.54, 1.807) is 12.1 Å². The lowest BCUT2D eigenvalue weighted by molar-refractivity contribution is 0.225. The van der Waals surface area contributed by atoms with E-state index in [9.17, 15) is 4.79 Å². The van der Waals surface area contributed by atoms with Crippen LogP contribution in [0.15, 0.2) is 39.5 Å². The van der Waals surface area contributed by atoms with Gasteiger partial charge >= 0.3 is 5.63 Å². The second kappa shape index (κ2) is 5.05. The van der Waals surface area contributed by atoms with Crippen molar-refractivity contribution in [2.24, 2.45) is 0 Å². The van der Waals surface area contributed by atoms with E-state index < -0.39 is 0 Å². The molecule has 2 heterocycles. The van der Waals surface area contributed by atoms with Gasteiger partial charge in [0.2, 0.25) is 0 Å². The quantitative estimate of drug-likeness (QED) is 0.693. The molecule has 3 aromatic rings. The summed E-state index contributed by atoms with van der Waals surface area (Å²) in [4.78, 5) is 11.2. The molecule has 1 atom stereocenters. The maximum absolute atomic E-state index is 11.2. The molecule has 6 heteroatoms. The van der Waals surface area contributed by atoms with Gasteiger partial charge in [0.05, 0.1) is 0 Å². The van der Waals surface area contributed by atoms with Gasteiger partial charge in [-0.3, -0.25) is 0 Å². The number of aryl methyl sites for hydroxylation is 1. The number of nitrogens with zero attached hydrogens (tertiary/aromatic N) is 2. The standard InChI is InChI=1S/C14H12N2O3S/c1-8(14-16-15-9(2)20-14)18-11-5-3-10-4-6-13(17)19-12(10)7-11/h3-8H,1-2H3/t8-/m0/s1. The molecule has 0 saturated carbocycles. The third-order valence-corrected chi connectivity index (χ3v) is 3.80. The summed E-state index contributed by atoms with van der Waals surface area (Å²) in [5, 5.41) is 10.6. The topological polar surface area (TPSA) is 65.2 Å². The van der Waals surface area contributed by atoms with Crippen molar-refractivity contribution in [2.75, 3.05) is 0 Å². The summed E-state index contributed by atoms with van der Waals surface area (Å²) < 4.78 is 10.9. The fourth-order valence-corrected chi connectivity index (χ4v) is 2.53. The van der Waals surface area contributed by atoms with Crippen molar-refractivity contribution in [1.82, 2.24) is 10.2 Å². The number of hydrogen-bond acceptors (Lipinski definition) is 6. The minimum Gasteiger partial charge on any atom is -0.483 e. The molecule has 2 aromatic heterocycles. The summed E-state index contributed by atoms with van der Waals surface area (Å²) in [5.74, 6) is 0.632. The molecule has 0 aliphatic carbocycles. The van der Waals surface area contributed by atoms with E-state index in [0.29, 0.717) is 11.3 Å². The average Bonchev–Trinajstić information content (AvgIpc) is 2.85. The zero-order chi connectivity index (χ0) is 14.1. The van der Waals surface area contributed by atoms with Crippen LogP contribution in [0.25, 0.3) is 11.0 Å². The Kier molecular flexibility index (Phi) is 3.23. The maximum Gasteiger partial charge on any atom is 0.336 e. The highest BCUT2D eigenvalue weighted by atomic mass is 32.1. The van der Waals surface area contributed by atoms with Crippen molar-refractivity contribution in [1.29, 1.82) is 0 Å². The van der Waals surface area contributed by atoms with Gasteiger partial charge in [-0.2, -0.15) is 0 Å². The van der Waals surface area contributed by atoms with Gasteiger partial charge in [0.25, 0.3) is 0 Å². The molecular formula is C14H12N2O3S. The van der Waals surface area contributed by atoms with Crippen molar-refractivity contribution in [3.05, 3.63) is 50.8 Å². The van der Waals surface area contributed by atoms with Crippen molar-refractivity contribution in [3.8, 4) is 5.75 Å².